The number of aromatic nitrogens is 1. The van der Waals surface area contributed by atoms with Crippen molar-refractivity contribution in [3.8, 4) is 0 Å². The van der Waals surface area contributed by atoms with Gasteiger partial charge in [-0.2, -0.15) is 0 Å². The SMILES string of the molecule is Cc1cccc(N2CCN(c3cc(C(=O)N4CCCC4)ccn3)CC2)c1. The molecule has 0 atom stereocenters. The quantitative estimate of drug-likeness (QED) is 0.853. The van der Waals surface area contributed by atoms with Gasteiger partial charge in [-0.25, -0.2) is 4.98 Å². The number of carbonyl (C=O) groups excluding carboxylic acids is 1. The minimum Gasteiger partial charge on any atom is -0.368 e. The first-order valence-corrected chi connectivity index (χ1v) is 9.52. The van der Waals surface area contributed by atoms with E-state index in [0.717, 1.165) is 63.5 Å². The average molecular weight is 350 g/mol. The standard InChI is InChI=1S/C21H26N4O/c1-17-5-4-6-19(15-17)23-11-13-24(14-12-23)20-16-18(7-8-22-20)21(26)25-9-2-3-10-25/h4-8,15-16H,2-3,9-14H2,1H3. The van der Waals surface area contributed by atoms with Gasteiger partial charge in [0.1, 0.15) is 5.82 Å². The van der Waals surface area contributed by atoms with Crippen LogP contribution in [0.15, 0.2) is 42.6 Å². The molecule has 3 heterocycles. The molecule has 136 valence electrons. The van der Waals surface area contributed by atoms with Gasteiger partial charge < -0.3 is 14.7 Å². The van der Waals surface area contributed by atoms with Gasteiger partial charge in [-0.15, -0.1) is 0 Å². The lowest BCUT2D eigenvalue weighted by Gasteiger charge is -2.37. The smallest absolute Gasteiger partial charge is 0.254 e. The zero-order valence-corrected chi connectivity index (χ0v) is 15.4. The van der Waals surface area contributed by atoms with Gasteiger partial charge in [0.25, 0.3) is 5.91 Å². The highest BCUT2D eigenvalue weighted by Crippen LogP contribution is 2.21. The van der Waals surface area contributed by atoms with E-state index in [9.17, 15) is 4.79 Å². The van der Waals surface area contributed by atoms with Gasteiger partial charge in [0, 0.05) is 56.7 Å². The fourth-order valence-corrected chi connectivity index (χ4v) is 3.85. The Balaban J connectivity index is 1.43. The minimum absolute atomic E-state index is 0.143. The molecule has 1 aromatic heterocycles. The third-order valence-electron chi connectivity index (χ3n) is 5.36. The molecule has 0 spiro atoms. The molecular formula is C21H26N4O. The van der Waals surface area contributed by atoms with Crippen LogP contribution >= 0.6 is 0 Å². The van der Waals surface area contributed by atoms with Crippen molar-refractivity contribution in [3.05, 3.63) is 53.7 Å². The van der Waals surface area contributed by atoms with Crippen molar-refractivity contribution in [1.29, 1.82) is 0 Å². The average Bonchev–Trinajstić information content (AvgIpc) is 3.22. The van der Waals surface area contributed by atoms with Crippen LogP contribution in [0, 0.1) is 6.92 Å². The highest BCUT2D eigenvalue weighted by Gasteiger charge is 2.22. The maximum atomic E-state index is 12.6. The Morgan fingerprint density at radius 1 is 0.923 bits per heavy atom. The maximum absolute atomic E-state index is 12.6. The molecule has 0 unspecified atom stereocenters. The molecule has 0 radical (unpaired) electrons. The van der Waals surface area contributed by atoms with E-state index >= 15 is 0 Å². The highest BCUT2D eigenvalue weighted by atomic mass is 16.2. The fraction of sp³-hybridized carbons (Fsp3) is 0.429. The Morgan fingerprint density at radius 3 is 2.38 bits per heavy atom. The maximum Gasteiger partial charge on any atom is 0.254 e. The van der Waals surface area contributed by atoms with E-state index in [1.807, 2.05) is 17.0 Å². The van der Waals surface area contributed by atoms with E-state index in [4.69, 9.17) is 0 Å². The van der Waals surface area contributed by atoms with Crippen molar-refractivity contribution in [3.63, 3.8) is 0 Å². The number of piperazine rings is 1. The number of nitrogens with zero attached hydrogens (tertiary/aromatic N) is 4. The zero-order valence-electron chi connectivity index (χ0n) is 15.4. The summed E-state index contributed by atoms with van der Waals surface area (Å²) in [5.41, 5.74) is 3.34. The second kappa shape index (κ2) is 7.36. The van der Waals surface area contributed by atoms with Gasteiger partial charge in [0.05, 0.1) is 0 Å². The number of hydrogen-bond acceptors (Lipinski definition) is 4. The van der Waals surface area contributed by atoms with Crippen LogP contribution in [0.4, 0.5) is 11.5 Å². The van der Waals surface area contributed by atoms with Gasteiger partial charge in [0.2, 0.25) is 0 Å². The van der Waals surface area contributed by atoms with Crippen LogP contribution in [0.1, 0.15) is 28.8 Å². The molecule has 1 aromatic carbocycles. The first-order chi connectivity index (χ1) is 12.7. The Kier molecular flexibility index (Phi) is 4.78. The molecule has 0 saturated carbocycles. The lowest BCUT2D eigenvalue weighted by molar-refractivity contribution is 0.0792. The molecule has 5 heteroatoms. The second-order valence-electron chi connectivity index (χ2n) is 7.22. The van der Waals surface area contributed by atoms with Crippen LogP contribution in [0.5, 0.6) is 0 Å². The van der Waals surface area contributed by atoms with Crippen molar-refractivity contribution in [2.24, 2.45) is 0 Å². The van der Waals surface area contributed by atoms with Crippen molar-refractivity contribution >= 4 is 17.4 Å². The van der Waals surface area contributed by atoms with E-state index < -0.39 is 0 Å². The normalized spacial score (nSPS) is 17.7. The van der Waals surface area contributed by atoms with Crippen LogP contribution < -0.4 is 9.80 Å². The van der Waals surface area contributed by atoms with E-state index in [1.165, 1.54) is 11.3 Å². The van der Waals surface area contributed by atoms with Gasteiger partial charge in [-0.05, 0) is 49.6 Å². The molecular weight excluding hydrogens is 324 g/mol. The van der Waals surface area contributed by atoms with Gasteiger partial charge >= 0.3 is 0 Å². The van der Waals surface area contributed by atoms with Crippen molar-refractivity contribution in [2.45, 2.75) is 19.8 Å². The second-order valence-corrected chi connectivity index (χ2v) is 7.22. The molecule has 26 heavy (non-hydrogen) atoms. The first-order valence-electron chi connectivity index (χ1n) is 9.52. The third-order valence-corrected chi connectivity index (χ3v) is 5.36. The summed E-state index contributed by atoms with van der Waals surface area (Å²) in [5.74, 6) is 1.06. The summed E-state index contributed by atoms with van der Waals surface area (Å²) in [4.78, 5) is 23.8. The van der Waals surface area contributed by atoms with Crippen LogP contribution in [0.25, 0.3) is 0 Å². The molecule has 2 aromatic rings. The molecule has 0 bridgehead atoms. The summed E-state index contributed by atoms with van der Waals surface area (Å²) in [7, 11) is 0. The summed E-state index contributed by atoms with van der Waals surface area (Å²) in [5, 5.41) is 0. The molecule has 2 aliphatic rings. The topological polar surface area (TPSA) is 39.7 Å². The van der Waals surface area contributed by atoms with Crippen molar-refractivity contribution < 1.29 is 4.79 Å². The number of amides is 1. The van der Waals surface area contributed by atoms with E-state index in [2.05, 4.69) is 46.0 Å². The summed E-state index contributed by atoms with van der Waals surface area (Å²) in [6, 6.07) is 12.5. The summed E-state index contributed by atoms with van der Waals surface area (Å²) in [6.07, 6.45) is 4.00. The lowest BCUT2D eigenvalue weighted by Crippen LogP contribution is -2.46. The lowest BCUT2D eigenvalue weighted by atomic mass is 10.2. The Hall–Kier alpha value is -2.56. The van der Waals surface area contributed by atoms with Crippen LogP contribution in [-0.4, -0.2) is 55.1 Å². The number of anilines is 2. The minimum atomic E-state index is 0.143. The van der Waals surface area contributed by atoms with Crippen molar-refractivity contribution in [1.82, 2.24) is 9.88 Å². The summed E-state index contributed by atoms with van der Waals surface area (Å²) >= 11 is 0. The molecule has 4 rings (SSSR count). The number of hydrogen-bond donors (Lipinski definition) is 0. The zero-order chi connectivity index (χ0) is 17.9. The fourth-order valence-electron chi connectivity index (χ4n) is 3.85. The first kappa shape index (κ1) is 16.9. The number of carbonyl (C=O) groups is 1. The highest BCUT2D eigenvalue weighted by molar-refractivity contribution is 5.95. The molecule has 2 fully saturated rings. The largest absolute Gasteiger partial charge is 0.368 e. The number of benzene rings is 1. The van der Waals surface area contributed by atoms with Crippen LogP contribution in [-0.2, 0) is 0 Å². The monoisotopic (exact) mass is 350 g/mol. The van der Waals surface area contributed by atoms with Gasteiger partial charge in [-0.1, -0.05) is 12.1 Å². The van der Waals surface area contributed by atoms with E-state index in [1.54, 1.807) is 6.20 Å². The molecule has 2 aliphatic heterocycles. The Morgan fingerprint density at radius 2 is 1.65 bits per heavy atom. The molecule has 2 saturated heterocycles. The van der Waals surface area contributed by atoms with E-state index in [0.29, 0.717) is 0 Å². The number of aryl methyl sites for hydroxylation is 1. The third kappa shape index (κ3) is 3.52. The predicted molar refractivity (Wildman–Crippen MR) is 105 cm³/mol. The molecule has 1 amide bonds. The Bertz CT molecular complexity index is 777. The molecule has 5 nitrogen and oxygen atoms in total. The summed E-state index contributed by atoms with van der Waals surface area (Å²) < 4.78 is 0. The van der Waals surface area contributed by atoms with Crippen LogP contribution in [0.2, 0.25) is 0 Å². The van der Waals surface area contributed by atoms with Gasteiger partial charge in [-0.3, -0.25) is 4.79 Å². The van der Waals surface area contributed by atoms with E-state index in [-0.39, 0.29) is 5.91 Å². The molecule has 0 aliphatic carbocycles. The Labute approximate surface area is 155 Å². The number of likely N-dealkylation sites (tertiary alicyclic amines) is 1. The number of pyridine rings is 1. The predicted octanol–water partition coefficient (Wildman–Crippen LogP) is 2.95. The number of rotatable bonds is 3. The summed E-state index contributed by atoms with van der Waals surface area (Å²) in [6.45, 7) is 7.67. The van der Waals surface area contributed by atoms with Crippen LogP contribution in [0.3, 0.4) is 0 Å². The van der Waals surface area contributed by atoms with Gasteiger partial charge in [0.15, 0.2) is 0 Å². The van der Waals surface area contributed by atoms with Crippen molar-refractivity contribution in [2.75, 3.05) is 49.1 Å². The molecule has 0 N–H and O–H groups in total.